The standard InChI is InChI=1S/C24H17N3O4S/c1-15-5-2-3-6-19(15)22-27-26-21(31-22)16-8-10-17(11-9-16)24(28)30-13-18-14-32-23(25-18)20-7-4-12-29-20/h2-12,14H,13H2,1H3. The normalized spacial score (nSPS) is 10.9. The van der Waals surface area contributed by atoms with Crippen LogP contribution in [0.25, 0.3) is 33.7 Å². The van der Waals surface area contributed by atoms with E-state index >= 15 is 0 Å². The summed E-state index contributed by atoms with van der Waals surface area (Å²) in [7, 11) is 0. The third-order valence-corrected chi connectivity index (χ3v) is 5.71. The predicted octanol–water partition coefficient (Wildman–Crippen LogP) is 5.79. The van der Waals surface area contributed by atoms with Crippen molar-refractivity contribution in [2.24, 2.45) is 0 Å². The van der Waals surface area contributed by atoms with E-state index in [1.54, 1.807) is 36.6 Å². The second-order valence-corrected chi connectivity index (χ2v) is 7.86. The van der Waals surface area contributed by atoms with Crippen molar-refractivity contribution in [1.29, 1.82) is 0 Å². The van der Waals surface area contributed by atoms with Crippen molar-refractivity contribution in [3.8, 4) is 33.7 Å². The lowest BCUT2D eigenvalue weighted by atomic mass is 10.1. The molecule has 158 valence electrons. The number of esters is 1. The third kappa shape index (κ3) is 4.08. The molecule has 0 saturated carbocycles. The Morgan fingerprint density at radius 1 is 1.00 bits per heavy atom. The SMILES string of the molecule is Cc1ccccc1-c1nnc(-c2ccc(C(=O)OCc3csc(-c4ccco4)n3)cc2)o1. The molecule has 3 heterocycles. The number of hydrogen-bond donors (Lipinski definition) is 0. The average Bonchev–Trinajstić information content (AvgIpc) is 3.59. The van der Waals surface area contributed by atoms with Crippen LogP contribution in [0.5, 0.6) is 0 Å². The molecule has 7 nitrogen and oxygen atoms in total. The fraction of sp³-hybridized carbons (Fsp3) is 0.0833. The Hall–Kier alpha value is -4.04. The van der Waals surface area contributed by atoms with Gasteiger partial charge in [-0.15, -0.1) is 21.5 Å². The number of thiazole rings is 1. The van der Waals surface area contributed by atoms with E-state index in [1.165, 1.54) is 11.3 Å². The molecule has 0 saturated heterocycles. The minimum absolute atomic E-state index is 0.0846. The number of aromatic nitrogens is 3. The van der Waals surface area contributed by atoms with E-state index in [0.29, 0.717) is 28.8 Å². The van der Waals surface area contributed by atoms with Gasteiger partial charge in [0, 0.05) is 16.5 Å². The van der Waals surface area contributed by atoms with Crippen LogP contribution < -0.4 is 0 Å². The number of carbonyl (C=O) groups excluding carboxylic acids is 1. The van der Waals surface area contributed by atoms with Crippen LogP contribution in [0.15, 0.2) is 81.1 Å². The third-order valence-electron chi connectivity index (χ3n) is 4.80. The largest absolute Gasteiger partial charge is 0.462 e. The van der Waals surface area contributed by atoms with E-state index in [2.05, 4.69) is 15.2 Å². The lowest BCUT2D eigenvalue weighted by Gasteiger charge is -2.03. The second kappa shape index (κ2) is 8.60. The van der Waals surface area contributed by atoms with Crippen molar-refractivity contribution in [2.75, 3.05) is 0 Å². The minimum Gasteiger partial charge on any atom is -0.462 e. The zero-order chi connectivity index (χ0) is 21.9. The molecule has 0 atom stereocenters. The Kier molecular flexibility index (Phi) is 5.35. The summed E-state index contributed by atoms with van der Waals surface area (Å²) >= 11 is 1.44. The van der Waals surface area contributed by atoms with Gasteiger partial charge in [-0.2, -0.15) is 0 Å². The van der Waals surface area contributed by atoms with E-state index in [0.717, 1.165) is 21.7 Å². The lowest BCUT2D eigenvalue weighted by molar-refractivity contribution is 0.0468. The smallest absolute Gasteiger partial charge is 0.338 e. The predicted molar refractivity (Wildman–Crippen MR) is 119 cm³/mol. The molecule has 32 heavy (non-hydrogen) atoms. The molecule has 8 heteroatoms. The highest BCUT2D eigenvalue weighted by Crippen LogP contribution is 2.27. The maximum absolute atomic E-state index is 12.4. The summed E-state index contributed by atoms with van der Waals surface area (Å²) in [5, 5.41) is 10.9. The van der Waals surface area contributed by atoms with Crippen molar-refractivity contribution in [3.63, 3.8) is 0 Å². The van der Waals surface area contributed by atoms with Gasteiger partial charge in [-0.25, -0.2) is 9.78 Å². The Morgan fingerprint density at radius 2 is 1.81 bits per heavy atom. The Labute approximate surface area is 187 Å². The number of carbonyl (C=O) groups is 1. The molecule has 5 aromatic rings. The molecule has 0 radical (unpaired) electrons. The molecular formula is C24H17N3O4S. The second-order valence-electron chi connectivity index (χ2n) is 7.00. The molecule has 0 bridgehead atoms. The van der Waals surface area contributed by atoms with Gasteiger partial charge >= 0.3 is 5.97 Å². The van der Waals surface area contributed by atoms with Crippen molar-refractivity contribution in [2.45, 2.75) is 13.5 Å². The summed E-state index contributed by atoms with van der Waals surface area (Å²) in [6.45, 7) is 2.07. The number of rotatable bonds is 6. The van der Waals surface area contributed by atoms with Crippen LogP contribution >= 0.6 is 11.3 Å². The van der Waals surface area contributed by atoms with Crippen LogP contribution in [0.3, 0.4) is 0 Å². The molecule has 0 amide bonds. The van der Waals surface area contributed by atoms with Crippen molar-refractivity contribution >= 4 is 17.3 Å². The first-order valence-electron chi connectivity index (χ1n) is 9.83. The van der Waals surface area contributed by atoms with Gasteiger partial charge in [0.05, 0.1) is 17.5 Å². The average molecular weight is 443 g/mol. The van der Waals surface area contributed by atoms with Gasteiger partial charge in [0.15, 0.2) is 10.8 Å². The summed E-state index contributed by atoms with van der Waals surface area (Å²) in [5.41, 5.74) is 3.76. The quantitative estimate of drug-likeness (QED) is 0.307. The number of nitrogens with zero attached hydrogens (tertiary/aromatic N) is 3. The monoisotopic (exact) mass is 443 g/mol. The van der Waals surface area contributed by atoms with Crippen molar-refractivity contribution < 1.29 is 18.4 Å². The Bertz CT molecular complexity index is 1350. The highest BCUT2D eigenvalue weighted by molar-refractivity contribution is 7.13. The molecule has 0 spiro atoms. The molecular weight excluding hydrogens is 426 g/mol. The summed E-state index contributed by atoms with van der Waals surface area (Å²) in [6.07, 6.45) is 1.60. The number of benzene rings is 2. The van der Waals surface area contributed by atoms with Crippen LogP contribution in [-0.4, -0.2) is 21.2 Å². The molecule has 0 N–H and O–H groups in total. The molecule has 3 aromatic heterocycles. The molecule has 2 aromatic carbocycles. The fourth-order valence-electron chi connectivity index (χ4n) is 3.12. The lowest BCUT2D eigenvalue weighted by Crippen LogP contribution is -2.05. The van der Waals surface area contributed by atoms with Gasteiger partial charge in [-0.3, -0.25) is 0 Å². The van der Waals surface area contributed by atoms with Crippen LogP contribution in [0.4, 0.5) is 0 Å². The first-order chi connectivity index (χ1) is 15.7. The highest BCUT2D eigenvalue weighted by Gasteiger charge is 2.14. The maximum atomic E-state index is 12.4. The van der Waals surface area contributed by atoms with E-state index in [9.17, 15) is 4.79 Å². The molecule has 0 aliphatic carbocycles. The van der Waals surface area contributed by atoms with E-state index < -0.39 is 5.97 Å². The van der Waals surface area contributed by atoms with Gasteiger partial charge in [0.25, 0.3) is 0 Å². The van der Waals surface area contributed by atoms with Gasteiger partial charge in [0.1, 0.15) is 6.61 Å². The first kappa shape index (κ1) is 19.9. The van der Waals surface area contributed by atoms with E-state index in [-0.39, 0.29) is 6.61 Å². The van der Waals surface area contributed by atoms with Gasteiger partial charge in [-0.1, -0.05) is 18.2 Å². The van der Waals surface area contributed by atoms with Crippen LogP contribution in [0.1, 0.15) is 21.6 Å². The van der Waals surface area contributed by atoms with Crippen molar-refractivity contribution in [3.05, 3.63) is 89.1 Å². The topological polar surface area (TPSA) is 91.2 Å². The van der Waals surface area contributed by atoms with Gasteiger partial charge < -0.3 is 13.6 Å². The maximum Gasteiger partial charge on any atom is 0.338 e. The summed E-state index contributed by atoms with van der Waals surface area (Å²) in [6, 6.07) is 18.3. The Balaban J connectivity index is 1.24. The van der Waals surface area contributed by atoms with Crippen molar-refractivity contribution in [1.82, 2.24) is 15.2 Å². The number of ether oxygens (including phenoxy) is 1. The summed E-state index contributed by atoms with van der Waals surface area (Å²) < 4.78 is 16.5. The minimum atomic E-state index is -0.435. The van der Waals surface area contributed by atoms with Gasteiger partial charge in [-0.05, 0) is 55.0 Å². The highest BCUT2D eigenvalue weighted by atomic mass is 32.1. The zero-order valence-corrected chi connectivity index (χ0v) is 17.8. The molecule has 5 rings (SSSR count). The van der Waals surface area contributed by atoms with Gasteiger partial charge in [0.2, 0.25) is 11.8 Å². The number of hydrogen-bond acceptors (Lipinski definition) is 8. The molecule has 0 fully saturated rings. The van der Waals surface area contributed by atoms with Crippen LogP contribution in [0, 0.1) is 6.92 Å². The first-order valence-corrected chi connectivity index (χ1v) is 10.7. The van der Waals surface area contributed by atoms with E-state index in [1.807, 2.05) is 42.6 Å². The fourth-order valence-corrected chi connectivity index (χ4v) is 3.89. The number of furan rings is 1. The number of aryl methyl sites for hydroxylation is 1. The molecule has 0 aliphatic rings. The van der Waals surface area contributed by atoms with Crippen LogP contribution in [0.2, 0.25) is 0 Å². The molecule has 0 unspecified atom stereocenters. The summed E-state index contributed by atoms with van der Waals surface area (Å²) in [5.74, 6) is 1.10. The van der Waals surface area contributed by atoms with E-state index in [4.69, 9.17) is 13.6 Å². The zero-order valence-electron chi connectivity index (χ0n) is 17.0. The van der Waals surface area contributed by atoms with Crippen LogP contribution in [-0.2, 0) is 11.3 Å². The Morgan fingerprint density at radius 3 is 2.59 bits per heavy atom. The summed E-state index contributed by atoms with van der Waals surface area (Å²) in [4.78, 5) is 16.8. The molecule has 0 aliphatic heterocycles.